The Balaban J connectivity index is 1.98. The van der Waals surface area contributed by atoms with Gasteiger partial charge in [-0.15, -0.1) is 17.9 Å². The van der Waals surface area contributed by atoms with Crippen molar-refractivity contribution in [3.63, 3.8) is 0 Å². The summed E-state index contributed by atoms with van der Waals surface area (Å²) >= 11 is 1.48. The molecular formula is C16H18N2O5S. The lowest BCUT2D eigenvalue weighted by Gasteiger charge is -2.13. The van der Waals surface area contributed by atoms with Gasteiger partial charge in [0.2, 0.25) is 11.8 Å². The van der Waals surface area contributed by atoms with Crippen LogP contribution in [0, 0.1) is 6.92 Å². The van der Waals surface area contributed by atoms with Crippen LogP contribution in [0.15, 0.2) is 34.6 Å². The van der Waals surface area contributed by atoms with Crippen molar-refractivity contribution < 1.29 is 23.8 Å². The van der Waals surface area contributed by atoms with Gasteiger partial charge >= 0.3 is 5.97 Å². The molecule has 2 aromatic rings. The Morgan fingerprint density at radius 3 is 3.00 bits per heavy atom. The molecule has 2 N–H and O–H groups in total. The van der Waals surface area contributed by atoms with Crippen LogP contribution in [-0.4, -0.2) is 41.2 Å². The Labute approximate surface area is 143 Å². The van der Waals surface area contributed by atoms with Crippen LogP contribution in [0.2, 0.25) is 0 Å². The fourth-order valence-corrected chi connectivity index (χ4v) is 2.59. The summed E-state index contributed by atoms with van der Waals surface area (Å²) in [6.07, 6.45) is 1.44. The summed E-state index contributed by atoms with van der Waals surface area (Å²) in [5, 5.41) is 13.4. The van der Waals surface area contributed by atoms with Gasteiger partial charge in [0, 0.05) is 0 Å². The van der Waals surface area contributed by atoms with Gasteiger partial charge in [0.1, 0.15) is 5.76 Å². The average molecular weight is 350 g/mol. The first-order chi connectivity index (χ1) is 11.5. The van der Waals surface area contributed by atoms with Crippen molar-refractivity contribution in [1.82, 2.24) is 10.3 Å². The molecule has 8 heteroatoms. The number of rotatable bonds is 9. The zero-order chi connectivity index (χ0) is 17.5. The molecule has 0 saturated heterocycles. The van der Waals surface area contributed by atoms with Crippen LogP contribution in [0.25, 0.3) is 10.8 Å². The summed E-state index contributed by atoms with van der Waals surface area (Å²) in [6.45, 7) is 5.27. The Kier molecular flexibility index (Phi) is 6.28. The molecule has 1 amide bonds. The van der Waals surface area contributed by atoms with Gasteiger partial charge < -0.3 is 19.6 Å². The number of thiophene rings is 1. The molecular weight excluding hydrogens is 332 g/mol. The average Bonchev–Trinajstić information content (AvgIpc) is 3.17. The minimum atomic E-state index is -1.16. The Morgan fingerprint density at radius 2 is 2.38 bits per heavy atom. The van der Waals surface area contributed by atoms with Gasteiger partial charge in [-0.2, -0.15) is 0 Å². The van der Waals surface area contributed by atoms with Gasteiger partial charge in [-0.05, 0) is 18.4 Å². The molecule has 0 aliphatic rings. The molecule has 7 nitrogen and oxygen atoms in total. The van der Waals surface area contributed by atoms with E-state index in [1.807, 2.05) is 17.5 Å². The monoisotopic (exact) mass is 350 g/mol. The van der Waals surface area contributed by atoms with Gasteiger partial charge in [0.15, 0.2) is 6.04 Å². The highest BCUT2D eigenvalue weighted by Crippen LogP contribution is 2.25. The standard InChI is InChI=1S/C16H18N2O5S/c1-3-6-22-9-12(16(20)21)17-14(19)8-11-10(2)23-15(18-11)13-5-4-7-24-13/h3-5,7,12H,1,6,8-9H2,2H3,(H,17,19)(H,20,21). The van der Waals surface area contributed by atoms with Crippen LogP contribution >= 0.6 is 11.3 Å². The van der Waals surface area contributed by atoms with E-state index in [2.05, 4.69) is 16.9 Å². The highest BCUT2D eigenvalue weighted by atomic mass is 32.1. The number of aryl methyl sites for hydroxylation is 1. The van der Waals surface area contributed by atoms with Gasteiger partial charge in [0.25, 0.3) is 0 Å². The molecule has 128 valence electrons. The number of nitrogens with one attached hydrogen (secondary N) is 1. The predicted molar refractivity (Wildman–Crippen MR) is 88.8 cm³/mol. The lowest BCUT2D eigenvalue weighted by molar-refractivity contribution is -0.143. The third kappa shape index (κ3) is 4.77. The first-order valence-corrected chi connectivity index (χ1v) is 8.10. The highest BCUT2D eigenvalue weighted by molar-refractivity contribution is 7.13. The number of aromatic nitrogens is 1. The first kappa shape index (κ1) is 17.9. The highest BCUT2D eigenvalue weighted by Gasteiger charge is 2.22. The van der Waals surface area contributed by atoms with Crippen molar-refractivity contribution in [2.75, 3.05) is 13.2 Å². The summed E-state index contributed by atoms with van der Waals surface area (Å²) < 4.78 is 10.6. The fourth-order valence-electron chi connectivity index (χ4n) is 1.94. The molecule has 1 atom stereocenters. The van der Waals surface area contributed by atoms with E-state index in [0.29, 0.717) is 17.3 Å². The summed E-state index contributed by atoms with van der Waals surface area (Å²) in [7, 11) is 0. The van der Waals surface area contributed by atoms with Gasteiger partial charge in [0.05, 0.1) is 30.2 Å². The van der Waals surface area contributed by atoms with E-state index in [0.717, 1.165) is 4.88 Å². The number of aliphatic carboxylic acids is 1. The molecule has 0 aliphatic heterocycles. The van der Waals surface area contributed by atoms with Crippen molar-refractivity contribution >= 4 is 23.2 Å². The maximum atomic E-state index is 12.1. The largest absolute Gasteiger partial charge is 0.480 e. The first-order valence-electron chi connectivity index (χ1n) is 7.22. The minimum absolute atomic E-state index is 0.0635. The Bertz CT molecular complexity index is 708. The second-order valence-corrected chi connectivity index (χ2v) is 5.91. The summed E-state index contributed by atoms with van der Waals surface area (Å²) in [4.78, 5) is 28.4. The van der Waals surface area contributed by atoms with Crippen LogP contribution in [0.4, 0.5) is 0 Å². The van der Waals surface area contributed by atoms with Crippen molar-refractivity contribution in [2.24, 2.45) is 0 Å². The number of nitrogens with zero attached hydrogens (tertiary/aromatic N) is 1. The molecule has 0 aliphatic carbocycles. The minimum Gasteiger partial charge on any atom is -0.480 e. The molecule has 0 aromatic carbocycles. The van der Waals surface area contributed by atoms with Crippen LogP contribution in [-0.2, 0) is 20.7 Å². The van der Waals surface area contributed by atoms with Crippen LogP contribution in [0.5, 0.6) is 0 Å². The van der Waals surface area contributed by atoms with Crippen LogP contribution < -0.4 is 5.32 Å². The molecule has 0 radical (unpaired) electrons. The molecule has 2 aromatic heterocycles. The number of ether oxygens (including phenoxy) is 1. The third-order valence-corrected chi connectivity index (χ3v) is 3.96. The van der Waals surface area contributed by atoms with Crippen LogP contribution in [0.3, 0.4) is 0 Å². The summed E-state index contributed by atoms with van der Waals surface area (Å²) in [5.41, 5.74) is 0.479. The number of carbonyl (C=O) groups is 2. The second-order valence-electron chi connectivity index (χ2n) is 4.96. The third-order valence-electron chi connectivity index (χ3n) is 3.11. The lowest BCUT2D eigenvalue weighted by atomic mass is 10.2. The fraction of sp³-hybridized carbons (Fsp3) is 0.312. The number of carboxylic acids is 1. The smallest absolute Gasteiger partial charge is 0.328 e. The molecule has 0 spiro atoms. The van der Waals surface area contributed by atoms with Gasteiger partial charge in [-0.3, -0.25) is 4.79 Å². The topological polar surface area (TPSA) is 102 Å². The van der Waals surface area contributed by atoms with Gasteiger partial charge in [-0.25, -0.2) is 9.78 Å². The van der Waals surface area contributed by atoms with Crippen molar-refractivity contribution in [3.8, 4) is 10.8 Å². The normalized spacial score (nSPS) is 11.9. The zero-order valence-corrected chi connectivity index (χ0v) is 14.0. The van der Waals surface area contributed by atoms with E-state index >= 15 is 0 Å². The van der Waals surface area contributed by atoms with E-state index in [1.165, 1.54) is 17.4 Å². The number of carboxylic acid groups (broad SMARTS) is 1. The van der Waals surface area contributed by atoms with Crippen molar-refractivity contribution in [3.05, 3.63) is 41.6 Å². The number of hydrogen-bond donors (Lipinski definition) is 2. The predicted octanol–water partition coefficient (Wildman–Crippen LogP) is 2.03. The molecule has 2 rings (SSSR count). The maximum absolute atomic E-state index is 12.1. The molecule has 0 fully saturated rings. The second kappa shape index (κ2) is 8.42. The lowest BCUT2D eigenvalue weighted by Crippen LogP contribution is -2.44. The van der Waals surface area contributed by atoms with Crippen LogP contribution in [0.1, 0.15) is 11.5 Å². The summed E-state index contributed by atoms with van der Waals surface area (Å²) in [6, 6.07) is 2.63. The molecule has 1 unspecified atom stereocenters. The maximum Gasteiger partial charge on any atom is 0.328 e. The summed E-state index contributed by atoms with van der Waals surface area (Å²) in [5.74, 6) is -0.639. The molecule has 0 bridgehead atoms. The van der Waals surface area contributed by atoms with E-state index < -0.39 is 17.9 Å². The van der Waals surface area contributed by atoms with E-state index in [1.54, 1.807) is 6.92 Å². The zero-order valence-electron chi connectivity index (χ0n) is 13.2. The molecule has 24 heavy (non-hydrogen) atoms. The number of carbonyl (C=O) groups excluding carboxylic acids is 1. The molecule has 2 heterocycles. The van der Waals surface area contributed by atoms with Crippen molar-refractivity contribution in [2.45, 2.75) is 19.4 Å². The van der Waals surface area contributed by atoms with Crippen molar-refractivity contribution in [1.29, 1.82) is 0 Å². The van der Waals surface area contributed by atoms with E-state index in [-0.39, 0.29) is 19.6 Å². The molecule has 0 saturated carbocycles. The SMILES string of the molecule is C=CCOCC(NC(=O)Cc1nc(-c2cccs2)oc1C)C(=O)O. The van der Waals surface area contributed by atoms with Gasteiger partial charge in [-0.1, -0.05) is 12.1 Å². The number of hydrogen-bond acceptors (Lipinski definition) is 6. The number of oxazole rings is 1. The number of amides is 1. The Hall–Kier alpha value is -2.45. The van der Waals surface area contributed by atoms with E-state index in [9.17, 15) is 9.59 Å². The quantitative estimate of drug-likeness (QED) is 0.530. The van der Waals surface area contributed by atoms with E-state index in [4.69, 9.17) is 14.3 Å². The Morgan fingerprint density at radius 1 is 1.58 bits per heavy atom.